The van der Waals surface area contributed by atoms with E-state index in [1.807, 2.05) is 0 Å². The maximum atomic E-state index is 11.5. The van der Waals surface area contributed by atoms with Crippen LogP contribution in [0.3, 0.4) is 0 Å². The van der Waals surface area contributed by atoms with Gasteiger partial charge in [0, 0.05) is 19.4 Å². The first-order chi connectivity index (χ1) is 16.7. The second-order valence-electron chi connectivity index (χ2n) is 9.35. The lowest BCUT2D eigenvalue weighted by molar-refractivity contribution is -0.146. The predicted molar refractivity (Wildman–Crippen MR) is 138 cm³/mol. The van der Waals surface area contributed by atoms with Gasteiger partial charge in [0.25, 0.3) is 0 Å². The van der Waals surface area contributed by atoms with Gasteiger partial charge in [-0.3, -0.25) is 9.59 Å². The number of ether oxygens (including phenoxy) is 3. The summed E-state index contributed by atoms with van der Waals surface area (Å²) >= 11 is 0. The largest absolute Gasteiger partial charge is 0.481 e. The van der Waals surface area contributed by atoms with Gasteiger partial charge in [0.05, 0.1) is 19.8 Å². The lowest BCUT2D eigenvalue weighted by atomic mass is 10.0. The Morgan fingerprint density at radius 3 is 1.41 bits per heavy atom. The molecule has 0 spiro atoms. The van der Waals surface area contributed by atoms with Gasteiger partial charge < -0.3 is 19.3 Å². The van der Waals surface area contributed by atoms with E-state index in [1.54, 1.807) is 0 Å². The monoisotopic (exact) mass is 486 g/mol. The molecule has 34 heavy (non-hydrogen) atoms. The smallest absolute Gasteiger partial charge is 0.305 e. The molecule has 0 aromatic carbocycles. The second kappa shape index (κ2) is 28.1. The number of hydrogen-bond acceptors (Lipinski definition) is 5. The molecular weight excluding hydrogens is 432 g/mol. The van der Waals surface area contributed by atoms with E-state index in [0.29, 0.717) is 32.7 Å². The van der Waals surface area contributed by atoms with E-state index in [1.165, 1.54) is 96.3 Å². The molecule has 0 heterocycles. The Balaban J connectivity index is 3.10. The van der Waals surface area contributed by atoms with Crippen molar-refractivity contribution in [1.82, 2.24) is 0 Å². The quantitative estimate of drug-likeness (QED) is 0.0912. The Kier molecular flexibility index (Phi) is 27.2. The fourth-order valence-corrected chi connectivity index (χ4v) is 3.91. The van der Waals surface area contributed by atoms with Crippen molar-refractivity contribution in [1.29, 1.82) is 0 Å². The molecule has 0 aromatic heterocycles. The van der Waals surface area contributed by atoms with E-state index < -0.39 is 5.97 Å². The summed E-state index contributed by atoms with van der Waals surface area (Å²) in [5.74, 6) is -1.13. The van der Waals surface area contributed by atoms with Crippen LogP contribution in [0, 0.1) is 0 Å². The van der Waals surface area contributed by atoms with Gasteiger partial charge >= 0.3 is 11.9 Å². The van der Waals surface area contributed by atoms with Crippen molar-refractivity contribution in [3.63, 3.8) is 0 Å². The van der Waals surface area contributed by atoms with E-state index in [0.717, 1.165) is 13.0 Å². The van der Waals surface area contributed by atoms with Crippen molar-refractivity contribution >= 4 is 11.9 Å². The zero-order chi connectivity index (χ0) is 25.0. The number of carbonyl (C=O) groups is 2. The summed E-state index contributed by atoms with van der Waals surface area (Å²) in [6.07, 6.45) is 23.3. The molecule has 0 amide bonds. The van der Waals surface area contributed by atoms with Gasteiger partial charge in [0.15, 0.2) is 0 Å². The number of hydrogen-bond donors (Lipinski definition) is 1. The fourth-order valence-electron chi connectivity index (χ4n) is 3.91. The predicted octanol–water partition coefficient (Wildman–Crippen LogP) is 7.47. The third-order valence-electron chi connectivity index (χ3n) is 6.03. The van der Waals surface area contributed by atoms with Gasteiger partial charge in [0.1, 0.15) is 6.61 Å². The van der Waals surface area contributed by atoms with Crippen molar-refractivity contribution in [2.75, 3.05) is 33.0 Å². The molecule has 0 radical (unpaired) electrons. The van der Waals surface area contributed by atoms with Crippen LogP contribution in [0.2, 0.25) is 0 Å². The Morgan fingerprint density at radius 2 is 0.912 bits per heavy atom. The summed E-state index contributed by atoms with van der Waals surface area (Å²) in [5.41, 5.74) is 0. The van der Waals surface area contributed by atoms with Crippen LogP contribution in [-0.4, -0.2) is 50.1 Å². The van der Waals surface area contributed by atoms with E-state index >= 15 is 0 Å². The number of rotatable bonds is 28. The number of carboxylic acids is 1. The van der Waals surface area contributed by atoms with Crippen LogP contribution in [0.1, 0.15) is 135 Å². The molecule has 0 saturated carbocycles. The van der Waals surface area contributed by atoms with Gasteiger partial charge in [-0.15, -0.1) is 0 Å². The van der Waals surface area contributed by atoms with E-state index in [4.69, 9.17) is 19.3 Å². The highest BCUT2D eigenvalue weighted by Gasteiger charge is 2.04. The van der Waals surface area contributed by atoms with E-state index in [9.17, 15) is 9.59 Å². The van der Waals surface area contributed by atoms with Crippen molar-refractivity contribution < 1.29 is 28.9 Å². The highest BCUT2D eigenvalue weighted by atomic mass is 16.6. The van der Waals surface area contributed by atoms with Gasteiger partial charge in [0.2, 0.25) is 0 Å². The molecule has 6 nitrogen and oxygen atoms in total. The first-order valence-corrected chi connectivity index (χ1v) is 14.2. The maximum Gasteiger partial charge on any atom is 0.305 e. The molecule has 0 unspecified atom stereocenters. The molecule has 0 fully saturated rings. The molecule has 0 rings (SSSR count). The maximum absolute atomic E-state index is 11.5. The average Bonchev–Trinajstić information content (AvgIpc) is 2.82. The van der Waals surface area contributed by atoms with Crippen molar-refractivity contribution in [3.8, 4) is 0 Å². The van der Waals surface area contributed by atoms with Crippen LogP contribution in [0.5, 0.6) is 0 Å². The van der Waals surface area contributed by atoms with Gasteiger partial charge in [-0.1, -0.05) is 103 Å². The van der Waals surface area contributed by atoms with E-state index in [-0.39, 0.29) is 25.4 Å². The third-order valence-corrected chi connectivity index (χ3v) is 6.03. The first-order valence-electron chi connectivity index (χ1n) is 14.2. The summed E-state index contributed by atoms with van der Waals surface area (Å²) < 4.78 is 16.0. The topological polar surface area (TPSA) is 82.1 Å². The normalized spacial score (nSPS) is 11.1. The molecule has 0 aromatic rings. The highest BCUT2D eigenvalue weighted by molar-refractivity contribution is 5.69. The molecule has 1 N–H and O–H groups in total. The van der Waals surface area contributed by atoms with Gasteiger partial charge in [-0.25, -0.2) is 0 Å². The zero-order valence-electron chi connectivity index (χ0n) is 22.2. The summed E-state index contributed by atoms with van der Waals surface area (Å²) in [4.78, 5) is 21.8. The Hall–Kier alpha value is -1.14. The first kappa shape index (κ1) is 32.9. The van der Waals surface area contributed by atoms with Crippen LogP contribution in [0.25, 0.3) is 0 Å². The van der Waals surface area contributed by atoms with Crippen LogP contribution >= 0.6 is 0 Å². The van der Waals surface area contributed by atoms with E-state index in [2.05, 4.69) is 6.92 Å². The minimum atomic E-state index is -0.834. The molecule has 0 aliphatic carbocycles. The summed E-state index contributed by atoms with van der Waals surface area (Å²) in [6, 6.07) is 0. The molecule has 0 aliphatic rings. The minimum Gasteiger partial charge on any atom is -0.481 e. The molecule has 0 bridgehead atoms. The van der Waals surface area contributed by atoms with Crippen LogP contribution < -0.4 is 0 Å². The Morgan fingerprint density at radius 1 is 0.500 bits per heavy atom. The SMILES string of the molecule is CCCCCCCCCCCCCCCCCCOCCOCCOC(=O)CCCCC(=O)O. The van der Waals surface area contributed by atoms with Crippen LogP contribution in [0.15, 0.2) is 0 Å². The third kappa shape index (κ3) is 28.9. The van der Waals surface area contributed by atoms with Crippen LogP contribution in [0.4, 0.5) is 0 Å². The minimum absolute atomic E-state index is 0.0931. The molecule has 202 valence electrons. The molecule has 0 atom stereocenters. The summed E-state index contributed by atoms with van der Waals surface area (Å²) in [7, 11) is 0. The number of aliphatic carboxylic acids is 1. The Bertz CT molecular complexity index is 441. The van der Waals surface area contributed by atoms with Crippen molar-refractivity contribution in [2.24, 2.45) is 0 Å². The number of esters is 1. The van der Waals surface area contributed by atoms with Crippen molar-refractivity contribution in [2.45, 2.75) is 135 Å². The highest BCUT2D eigenvalue weighted by Crippen LogP contribution is 2.13. The zero-order valence-corrected chi connectivity index (χ0v) is 22.2. The standard InChI is InChI=1S/C28H54O6/c1-2-3-4-5-6-7-8-9-10-11-12-13-14-15-16-19-22-32-23-24-33-25-26-34-28(31)21-18-17-20-27(29)30/h2-26H2,1H3,(H,29,30). The number of carboxylic acid groups (broad SMARTS) is 1. The fraction of sp³-hybridized carbons (Fsp3) is 0.929. The summed E-state index contributed by atoms with van der Waals surface area (Å²) in [5, 5.41) is 8.53. The lowest BCUT2D eigenvalue weighted by Crippen LogP contribution is -2.13. The molecular formula is C28H54O6. The summed E-state index contributed by atoms with van der Waals surface area (Å²) in [6.45, 7) is 4.74. The number of unbranched alkanes of at least 4 members (excludes halogenated alkanes) is 16. The Labute approximate surface area is 209 Å². The van der Waals surface area contributed by atoms with Gasteiger partial charge in [-0.2, -0.15) is 0 Å². The average molecular weight is 487 g/mol. The second-order valence-corrected chi connectivity index (χ2v) is 9.35. The van der Waals surface area contributed by atoms with Gasteiger partial charge in [-0.05, 0) is 19.3 Å². The van der Waals surface area contributed by atoms with Crippen molar-refractivity contribution in [3.05, 3.63) is 0 Å². The van der Waals surface area contributed by atoms with Crippen LogP contribution in [-0.2, 0) is 23.8 Å². The molecule has 0 saturated heterocycles. The molecule has 6 heteroatoms. The molecule has 0 aliphatic heterocycles. The lowest BCUT2D eigenvalue weighted by Gasteiger charge is -2.07. The number of carbonyl (C=O) groups excluding carboxylic acids is 1.